The van der Waals surface area contributed by atoms with Crippen LogP contribution in [-0.4, -0.2) is 62.1 Å². The molecule has 3 aromatic rings. The van der Waals surface area contributed by atoms with Crippen molar-refractivity contribution in [2.24, 2.45) is 4.99 Å². The second kappa shape index (κ2) is 9.81. The predicted molar refractivity (Wildman–Crippen MR) is 140 cm³/mol. The van der Waals surface area contributed by atoms with Crippen molar-refractivity contribution in [3.8, 4) is 23.0 Å². The van der Waals surface area contributed by atoms with E-state index in [1.165, 1.54) is 0 Å². The van der Waals surface area contributed by atoms with Crippen molar-refractivity contribution >= 4 is 23.2 Å². The first-order valence-corrected chi connectivity index (χ1v) is 12.0. The lowest BCUT2D eigenvalue weighted by atomic mass is 10.1. The molecule has 0 bridgehead atoms. The zero-order chi connectivity index (χ0) is 25.2. The van der Waals surface area contributed by atoms with E-state index >= 15 is 0 Å². The van der Waals surface area contributed by atoms with Gasteiger partial charge in [-0.05, 0) is 43.7 Å². The number of ether oxygens (including phenoxy) is 3. The third-order valence-corrected chi connectivity index (χ3v) is 6.41. The van der Waals surface area contributed by atoms with Crippen LogP contribution in [0, 0.1) is 13.8 Å². The number of benzene rings is 3. The van der Waals surface area contributed by atoms with Gasteiger partial charge in [-0.1, -0.05) is 17.7 Å². The number of nitrogens with one attached hydrogen (secondary N) is 1. The molecule has 2 aliphatic heterocycles. The lowest BCUT2D eigenvalue weighted by Crippen LogP contribution is -2.51. The topological polar surface area (TPSA) is 75.6 Å². The lowest BCUT2D eigenvalue weighted by molar-refractivity contribution is 0.181. The first-order valence-electron chi connectivity index (χ1n) is 12.0. The maximum absolute atomic E-state index is 13.0. The summed E-state index contributed by atoms with van der Waals surface area (Å²) in [6.45, 7) is 6.55. The van der Waals surface area contributed by atoms with Gasteiger partial charge < -0.3 is 29.3 Å². The minimum absolute atomic E-state index is 0.159. The fourth-order valence-corrected chi connectivity index (χ4v) is 4.44. The summed E-state index contributed by atoms with van der Waals surface area (Å²) in [6.07, 6.45) is 0. The van der Waals surface area contributed by atoms with Crippen LogP contribution in [0.3, 0.4) is 0 Å². The average molecular weight is 487 g/mol. The summed E-state index contributed by atoms with van der Waals surface area (Å²) < 4.78 is 16.9. The van der Waals surface area contributed by atoms with E-state index in [1.807, 2.05) is 42.2 Å². The van der Waals surface area contributed by atoms with Crippen LogP contribution in [0.15, 0.2) is 59.6 Å². The van der Waals surface area contributed by atoms with E-state index in [9.17, 15) is 4.79 Å². The SMILES string of the molecule is COc1cc(NC(=O)N2CCN(C3=Nc4ccc(C)cc4Oc4ccc(C)cc43)CC2)cc(OC)c1. The van der Waals surface area contributed by atoms with Gasteiger partial charge in [-0.3, -0.25) is 0 Å². The molecule has 36 heavy (non-hydrogen) atoms. The van der Waals surface area contributed by atoms with Crippen molar-refractivity contribution in [2.45, 2.75) is 13.8 Å². The van der Waals surface area contributed by atoms with Crippen LogP contribution < -0.4 is 19.5 Å². The summed E-state index contributed by atoms with van der Waals surface area (Å²) in [5, 5.41) is 2.97. The molecule has 5 rings (SSSR count). The van der Waals surface area contributed by atoms with E-state index in [0.29, 0.717) is 43.4 Å². The van der Waals surface area contributed by atoms with Gasteiger partial charge in [0.25, 0.3) is 0 Å². The highest BCUT2D eigenvalue weighted by molar-refractivity contribution is 6.04. The van der Waals surface area contributed by atoms with Crippen molar-refractivity contribution in [3.63, 3.8) is 0 Å². The van der Waals surface area contributed by atoms with Gasteiger partial charge >= 0.3 is 6.03 Å². The lowest BCUT2D eigenvalue weighted by Gasteiger charge is -2.36. The number of fused-ring (bicyclic) bond motifs is 2. The molecule has 0 saturated carbocycles. The first-order chi connectivity index (χ1) is 17.4. The predicted octanol–water partition coefficient (Wildman–Crippen LogP) is 5.35. The molecule has 0 unspecified atom stereocenters. The molecule has 0 aliphatic carbocycles. The van der Waals surface area contributed by atoms with Gasteiger partial charge in [-0.2, -0.15) is 0 Å². The maximum Gasteiger partial charge on any atom is 0.321 e. The van der Waals surface area contributed by atoms with Crippen LogP contribution in [-0.2, 0) is 0 Å². The van der Waals surface area contributed by atoms with Crippen LogP contribution in [0.1, 0.15) is 16.7 Å². The number of anilines is 1. The summed E-state index contributed by atoms with van der Waals surface area (Å²) in [4.78, 5) is 22.1. The van der Waals surface area contributed by atoms with Gasteiger partial charge in [0.1, 0.15) is 28.8 Å². The van der Waals surface area contributed by atoms with E-state index in [0.717, 1.165) is 39.7 Å². The fraction of sp³-hybridized carbons (Fsp3) is 0.286. The first kappa shape index (κ1) is 23.5. The zero-order valence-electron chi connectivity index (χ0n) is 21.0. The molecule has 1 saturated heterocycles. The Morgan fingerprint density at radius 1 is 0.861 bits per heavy atom. The Kier molecular flexibility index (Phi) is 6.41. The Hall–Kier alpha value is -4.20. The van der Waals surface area contributed by atoms with Gasteiger partial charge in [-0.25, -0.2) is 9.79 Å². The Labute approximate surface area is 211 Å². The standard InChI is InChI=1S/C28H30N4O4/c1-18-6-8-25-23(13-18)27(30-24-7-5-19(2)14-26(24)36-25)31-9-11-32(12-10-31)28(33)29-20-15-21(34-3)17-22(16-20)35-4/h5-8,13-17H,9-12H2,1-4H3,(H,29,33). The van der Waals surface area contributed by atoms with Gasteiger partial charge in [0.05, 0.1) is 19.8 Å². The van der Waals surface area contributed by atoms with E-state index in [1.54, 1.807) is 32.4 Å². The molecule has 8 nitrogen and oxygen atoms in total. The number of amidine groups is 1. The largest absolute Gasteiger partial charge is 0.497 e. The number of aryl methyl sites for hydroxylation is 2. The molecule has 1 N–H and O–H groups in total. The smallest absolute Gasteiger partial charge is 0.321 e. The molecule has 3 aromatic carbocycles. The number of piperazine rings is 1. The number of carbonyl (C=O) groups excluding carboxylic acids is 1. The Morgan fingerprint density at radius 2 is 1.53 bits per heavy atom. The average Bonchev–Trinajstić information content (AvgIpc) is 3.04. The monoisotopic (exact) mass is 486 g/mol. The summed E-state index contributed by atoms with van der Waals surface area (Å²) in [5.41, 5.74) is 4.65. The molecular formula is C28H30N4O4. The second-order valence-electron chi connectivity index (χ2n) is 9.01. The Balaban J connectivity index is 1.35. The van der Waals surface area contributed by atoms with Crippen LogP contribution in [0.2, 0.25) is 0 Å². The quantitative estimate of drug-likeness (QED) is 0.540. The van der Waals surface area contributed by atoms with Gasteiger partial charge in [0, 0.05) is 50.1 Å². The number of amides is 2. The zero-order valence-corrected chi connectivity index (χ0v) is 21.0. The summed E-state index contributed by atoms with van der Waals surface area (Å²) in [7, 11) is 3.17. The fourth-order valence-electron chi connectivity index (χ4n) is 4.44. The number of hydrogen-bond acceptors (Lipinski definition) is 6. The molecule has 2 aliphatic rings. The highest BCUT2D eigenvalue weighted by atomic mass is 16.5. The molecule has 0 spiro atoms. The highest BCUT2D eigenvalue weighted by Crippen LogP contribution is 2.39. The molecule has 0 atom stereocenters. The van der Waals surface area contributed by atoms with E-state index in [4.69, 9.17) is 19.2 Å². The van der Waals surface area contributed by atoms with Crippen molar-refractivity contribution in [2.75, 3.05) is 45.7 Å². The Bertz CT molecular complexity index is 1310. The molecular weight excluding hydrogens is 456 g/mol. The summed E-state index contributed by atoms with van der Waals surface area (Å²) in [5.74, 6) is 3.64. The second-order valence-corrected chi connectivity index (χ2v) is 9.01. The molecule has 2 heterocycles. The van der Waals surface area contributed by atoms with E-state index in [-0.39, 0.29) is 6.03 Å². The van der Waals surface area contributed by atoms with Crippen molar-refractivity contribution in [1.82, 2.24) is 9.80 Å². The molecule has 2 amide bonds. The normalized spacial score (nSPS) is 14.6. The number of methoxy groups -OCH3 is 2. The molecule has 0 radical (unpaired) electrons. The number of rotatable bonds is 3. The maximum atomic E-state index is 13.0. The molecule has 8 heteroatoms. The number of nitrogens with zero attached hydrogens (tertiary/aromatic N) is 3. The van der Waals surface area contributed by atoms with Crippen LogP contribution in [0.25, 0.3) is 0 Å². The minimum Gasteiger partial charge on any atom is -0.497 e. The number of urea groups is 1. The van der Waals surface area contributed by atoms with Crippen LogP contribution in [0.4, 0.5) is 16.2 Å². The highest BCUT2D eigenvalue weighted by Gasteiger charge is 2.28. The number of hydrogen-bond donors (Lipinski definition) is 1. The summed E-state index contributed by atoms with van der Waals surface area (Å²) in [6, 6.07) is 17.4. The number of aliphatic imine (C=N–C) groups is 1. The van der Waals surface area contributed by atoms with Gasteiger partial charge in [0.15, 0.2) is 5.75 Å². The Morgan fingerprint density at radius 3 is 2.22 bits per heavy atom. The van der Waals surface area contributed by atoms with Gasteiger partial charge in [-0.15, -0.1) is 0 Å². The van der Waals surface area contributed by atoms with Crippen molar-refractivity contribution in [3.05, 3.63) is 71.3 Å². The third-order valence-electron chi connectivity index (χ3n) is 6.41. The van der Waals surface area contributed by atoms with Crippen molar-refractivity contribution < 1.29 is 19.0 Å². The van der Waals surface area contributed by atoms with Crippen molar-refractivity contribution in [1.29, 1.82) is 0 Å². The molecule has 186 valence electrons. The number of carbonyl (C=O) groups is 1. The summed E-state index contributed by atoms with van der Waals surface area (Å²) >= 11 is 0. The van der Waals surface area contributed by atoms with E-state index in [2.05, 4.69) is 23.2 Å². The van der Waals surface area contributed by atoms with Crippen LogP contribution >= 0.6 is 0 Å². The van der Waals surface area contributed by atoms with Crippen LogP contribution in [0.5, 0.6) is 23.0 Å². The molecule has 1 fully saturated rings. The van der Waals surface area contributed by atoms with E-state index < -0.39 is 0 Å². The van der Waals surface area contributed by atoms with Gasteiger partial charge in [0.2, 0.25) is 0 Å². The minimum atomic E-state index is -0.159. The third kappa shape index (κ3) is 4.79. The molecule has 0 aromatic heterocycles.